The Kier molecular flexibility index (Phi) is 4.53. The summed E-state index contributed by atoms with van der Waals surface area (Å²) in [6, 6.07) is 6.10. The lowest BCUT2D eigenvalue weighted by molar-refractivity contribution is 0.549. The zero-order valence-electron chi connectivity index (χ0n) is 10.1. The van der Waals surface area contributed by atoms with E-state index in [-0.39, 0.29) is 12.0 Å². The van der Waals surface area contributed by atoms with Crippen LogP contribution in [0.2, 0.25) is 0 Å². The molecule has 19 heavy (non-hydrogen) atoms. The predicted octanol–water partition coefficient (Wildman–Crippen LogP) is 4.95. The van der Waals surface area contributed by atoms with Crippen molar-refractivity contribution in [3.63, 3.8) is 0 Å². The second-order valence-corrected chi connectivity index (χ2v) is 5.72. The quantitative estimate of drug-likeness (QED) is 0.716. The monoisotopic (exact) mass is 345 g/mol. The fourth-order valence-electron chi connectivity index (χ4n) is 1.76. The van der Waals surface area contributed by atoms with Gasteiger partial charge in [0, 0.05) is 28.3 Å². The maximum atomic E-state index is 13.8. The van der Waals surface area contributed by atoms with Gasteiger partial charge in [-0.05, 0) is 30.7 Å². The standard InChI is InChI=1S/C14H11BrClF2N/c1-8-2-3-10(19-7-8)6-11(16)14-12(17)4-9(15)5-13(14)18/h2-5,7,11H,6H2,1H3. The molecule has 0 aliphatic rings. The SMILES string of the molecule is Cc1ccc(CC(Cl)c2c(F)cc(Br)cc2F)nc1. The normalized spacial score (nSPS) is 12.5. The van der Waals surface area contributed by atoms with E-state index in [1.165, 1.54) is 12.1 Å². The number of benzene rings is 1. The highest BCUT2D eigenvalue weighted by Crippen LogP contribution is 2.31. The van der Waals surface area contributed by atoms with Crippen LogP contribution in [0.25, 0.3) is 0 Å². The third-order valence-corrected chi connectivity index (χ3v) is 3.55. The van der Waals surface area contributed by atoms with E-state index >= 15 is 0 Å². The van der Waals surface area contributed by atoms with Gasteiger partial charge in [0.25, 0.3) is 0 Å². The van der Waals surface area contributed by atoms with Gasteiger partial charge in [0.1, 0.15) is 11.6 Å². The minimum absolute atomic E-state index is 0.118. The van der Waals surface area contributed by atoms with E-state index in [1.54, 1.807) is 12.3 Å². The van der Waals surface area contributed by atoms with Crippen LogP contribution in [0.4, 0.5) is 8.78 Å². The number of hydrogen-bond donors (Lipinski definition) is 0. The summed E-state index contributed by atoms with van der Waals surface area (Å²) in [6.45, 7) is 1.92. The van der Waals surface area contributed by atoms with Gasteiger partial charge in [-0.3, -0.25) is 4.98 Å². The number of pyridine rings is 1. The highest BCUT2D eigenvalue weighted by molar-refractivity contribution is 9.10. The fraction of sp³-hybridized carbons (Fsp3) is 0.214. The van der Waals surface area contributed by atoms with Crippen LogP contribution in [0.1, 0.15) is 22.2 Å². The second kappa shape index (κ2) is 5.97. The molecule has 1 unspecified atom stereocenters. The Morgan fingerprint density at radius 2 is 1.89 bits per heavy atom. The van der Waals surface area contributed by atoms with E-state index in [4.69, 9.17) is 11.6 Å². The molecule has 0 aliphatic heterocycles. The summed E-state index contributed by atoms with van der Waals surface area (Å²) in [7, 11) is 0. The van der Waals surface area contributed by atoms with Crippen molar-refractivity contribution in [3.8, 4) is 0 Å². The third-order valence-electron chi connectivity index (χ3n) is 2.72. The number of hydrogen-bond acceptors (Lipinski definition) is 1. The second-order valence-electron chi connectivity index (χ2n) is 4.28. The zero-order chi connectivity index (χ0) is 14.0. The lowest BCUT2D eigenvalue weighted by atomic mass is 10.1. The number of alkyl halides is 1. The van der Waals surface area contributed by atoms with Crippen LogP contribution >= 0.6 is 27.5 Å². The maximum Gasteiger partial charge on any atom is 0.131 e. The van der Waals surface area contributed by atoms with Gasteiger partial charge in [0.05, 0.1) is 5.38 Å². The molecular weight excluding hydrogens is 336 g/mol. The summed E-state index contributed by atoms with van der Waals surface area (Å²) >= 11 is 9.14. The Labute approximate surface area is 123 Å². The van der Waals surface area contributed by atoms with Crippen molar-refractivity contribution >= 4 is 27.5 Å². The summed E-state index contributed by atoms with van der Waals surface area (Å²) in [5.74, 6) is -1.31. The van der Waals surface area contributed by atoms with Crippen LogP contribution in [0.15, 0.2) is 34.9 Å². The Bertz CT molecular complexity index is 563. The topological polar surface area (TPSA) is 12.9 Å². The van der Waals surface area contributed by atoms with E-state index in [9.17, 15) is 8.78 Å². The van der Waals surface area contributed by atoms with Crippen molar-refractivity contribution < 1.29 is 8.78 Å². The van der Waals surface area contributed by atoms with Crippen molar-refractivity contribution in [2.24, 2.45) is 0 Å². The predicted molar refractivity (Wildman–Crippen MR) is 75.3 cm³/mol. The van der Waals surface area contributed by atoms with Crippen molar-refractivity contribution in [3.05, 3.63) is 63.4 Å². The van der Waals surface area contributed by atoms with Crippen LogP contribution in [0.5, 0.6) is 0 Å². The molecule has 0 aliphatic carbocycles. The number of aryl methyl sites for hydroxylation is 1. The van der Waals surface area contributed by atoms with Gasteiger partial charge >= 0.3 is 0 Å². The van der Waals surface area contributed by atoms with Crippen LogP contribution in [-0.2, 0) is 6.42 Å². The molecule has 1 atom stereocenters. The van der Waals surface area contributed by atoms with Gasteiger partial charge in [-0.25, -0.2) is 8.78 Å². The summed E-state index contributed by atoms with van der Waals surface area (Å²) in [4.78, 5) is 4.18. The summed E-state index contributed by atoms with van der Waals surface area (Å²) in [5, 5.41) is -0.789. The lowest BCUT2D eigenvalue weighted by Gasteiger charge is -2.12. The Morgan fingerprint density at radius 3 is 2.42 bits per heavy atom. The first-order chi connectivity index (χ1) is 8.97. The fourth-order valence-corrected chi connectivity index (χ4v) is 2.53. The highest BCUT2D eigenvalue weighted by atomic mass is 79.9. The molecule has 0 fully saturated rings. The molecule has 0 radical (unpaired) electrons. The first kappa shape index (κ1) is 14.4. The van der Waals surface area contributed by atoms with Crippen LogP contribution in [0, 0.1) is 18.6 Å². The van der Waals surface area contributed by atoms with Crippen molar-refractivity contribution in [2.75, 3.05) is 0 Å². The van der Waals surface area contributed by atoms with Gasteiger partial charge < -0.3 is 0 Å². The van der Waals surface area contributed by atoms with Gasteiger partial charge in [-0.15, -0.1) is 11.6 Å². The summed E-state index contributed by atoms with van der Waals surface area (Å²) in [6.07, 6.45) is 1.98. The van der Waals surface area contributed by atoms with Crippen LogP contribution in [0.3, 0.4) is 0 Å². The number of aromatic nitrogens is 1. The molecule has 0 saturated carbocycles. The largest absolute Gasteiger partial charge is 0.261 e. The van der Waals surface area contributed by atoms with E-state index in [2.05, 4.69) is 20.9 Å². The molecule has 0 spiro atoms. The summed E-state index contributed by atoms with van der Waals surface area (Å²) < 4.78 is 27.9. The average Bonchev–Trinajstić information content (AvgIpc) is 2.30. The number of nitrogens with zero attached hydrogens (tertiary/aromatic N) is 1. The number of rotatable bonds is 3. The maximum absolute atomic E-state index is 13.8. The smallest absolute Gasteiger partial charge is 0.131 e. The molecular formula is C14H11BrClF2N. The molecule has 1 aromatic carbocycles. The van der Waals surface area contributed by atoms with Gasteiger partial charge in [0.2, 0.25) is 0 Å². The molecule has 1 aromatic heterocycles. The molecule has 1 nitrogen and oxygen atoms in total. The van der Waals surface area contributed by atoms with Crippen LogP contribution in [-0.4, -0.2) is 4.98 Å². The molecule has 2 rings (SSSR count). The lowest BCUT2D eigenvalue weighted by Crippen LogP contribution is -2.04. The van der Waals surface area contributed by atoms with Crippen molar-refractivity contribution in [1.82, 2.24) is 4.98 Å². The molecule has 2 aromatic rings. The van der Waals surface area contributed by atoms with Gasteiger partial charge in [-0.1, -0.05) is 22.0 Å². The third kappa shape index (κ3) is 3.51. The van der Waals surface area contributed by atoms with Crippen LogP contribution < -0.4 is 0 Å². The Morgan fingerprint density at radius 1 is 1.26 bits per heavy atom. The Balaban J connectivity index is 2.25. The zero-order valence-corrected chi connectivity index (χ0v) is 12.5. The molecule has 0 bridgehead atoms. The van der Waals surface area contributed by atoms with Crippen molar-refractivity contribution in [2.45, 2.75) is 18.7 Å². The minimum atomic E-state index is -0.789. The van der Waals surface area contributed by atoms with E-state index in [1.807, 2.05) is 13.0 Å². The number of halogens is 4. The first-order valence-electron chi connectivity index (χ1n) is 5.67. The molecule has 0 N–H and O–H groups in total. The van der Waals surface area contributed by atoms with Crippen molar-refractivity contribution in [1.29, 1.82) is 0 Å². The molecule has 0 amide bonds. The molecule has 1 heterocycles. The van der Waals surface area contributed by atoms with Gasteiger partial charge in [0.15, 0.2) is 0 Å². The van der Waals surface area contributed by atoms with E-state index < -0.39 is 17.0 Å². The highest BCUT2D eigenvalue weighted by Gasteiger charge is 2.19. The minimum Gasteiger partial charge on any atom is -0.261 e. The van der Waals surface area contributed by atoms with E-state index in [0.717, 1.165) is 5.56 Å². The molecule has 0 saturated heterocycles. The van der Waals surface area contributed by atoms with E-state index in [0.29, 0.717) is 10.2 Å². The Hall–Kier alpha value is -1.00. The molecule has 100 valence electrons. The summed E-state index contributed by atoms with van der Waals surface area (Å²) in [5.41, 5.74) is 1.61. The molecule has 5 heteroatoms. The van der Waals surface area contributed by atoms with Gasteiger partial charge in [-0.2, -0.15) is 0 Å². The average molecular weight is 347 g/mol. The first-order valence-corrected chi connectivity index (χ1v) is 6.90.